The van der Waals surface area contributed by atoms with Crippen LogP contribution >= 0.6 is 15.9 Å². The fraction of sp³-hybridized carbons (Fsp3) is 0.556. The van der Waals surface area contributed by atoms with Gasteiger partial charge in [-0.05, 0) is 40.9 Å². The van der Waals surface area contributed by atoms with Gasteiger partial charge in [-0.3, -0.25) is 0 Å². The van der Waals surface area contributed by atoms with E-state index in [-0.39, 0.29) is 6.10 Å². The molecule has 1 fully saturated rings. The molecule has 2 heterocycles. The first-order valence-electron chi connectivity index (χ1n) is 4.68. The Hall–Kier alpha value is -0.680. The number of aromatic nitrogens is 2. The monoisotopic (exact) mass is 257 g/mol. The predicted molar refractivity (Wildman–Crippen MR) is 57.2 cm³/mol. The van der Waals surface area contributed by atoms with Crippen LogP contribution in [0.3, 0.4) is 0 Å². The maximum atomic E-state index is 9.50. The summed E-state index contributed by atoms with van der Waals surface area (Å²) in [6.45, 7) is 1.61. The lowest BCUT2D eigenvalue weighted by molar-refractivity contribution is 0.154. The van der Waals surface area contributed by atoms with Gasteiger partial charge in [0.1, 0.15) is 4.60 Å². The van der Waals surface area contributed by atoms with Crippen molar-refractivity contribution in [2.45, 2.75) is 18.9 Å². The molecule has 1 aliphatic heterocycles. The van der Waals surface area contributed by atoms with Crippen molar-refractivity contribution in [1.29, 1.82) is 0 Å². The highest BCUT2D eigenvalue weighted by molar-refractivity contribution is 9.10. The number of hydrogen-bond donors (Lipinski definition) is 1. The van der Waals surface area contributed by atoms with E-state index in [4.69, 9.17) is 0 Å². The van der Waals surface area contributed by atoms with Crippen LogP contribution in [0.25, 0.3) is 0 Å². The molecule has 1 aromatic rings. The van der Waals surface area contributed by atoms with Crippen LogP contribution < -0.4 is 4.90 Å². The fourth-order valence-corrected chi connectivity index (χ4v) is 1.85. The van der Waals surface area contributed by atoms with Crippen molar-refractivity contribution in [3.8, 4) is 0 Å². The summed E-state index contributed by atoms with van der Waals surface area (Å²) >= 11 is 3.24. The predicted octanol–water partition coefficient (Wildman–Crippen LogP) is 1.20. The Labute approximate surface area is 91.1 Å². The van der Waals surface area contributed by atoms with Gasteiger partial charge in [0.05, 0.1) is 6.10 Å². The van der Waals surface area contributed by atoms with Crippen molar-refractivity contribution >= 4 is 21.7 Å². The number of piperidine rings is 1. The second-order valence-corrected chi connectivity index (χ2v) is 4.27. The first-order chi connectivity index (χ1) is 6.75. The Kier molecular flexibility index (Phi) is 2.98. The van der Waals surface area contributed by atoms with Crippen molar-refractivity contribution in [3.05, 3.63) is 16.7 Å². The Morgan fingerprint density at radius 3 is 2.93 bits per heavy atom. The van der Waals surface area contributed by atoms with Crippen LogP contribution in [0.4, 0.5) is 5.82 Å². The SMILES string of the molecule is OC1CCCN(c2ccc(Br)nn2)C1. The lowest BCUT2D eigenvalue weighted by atomic mass is 10.1. The standard InChI is InChI=1S/C9H12BrN3O/c10-8-3-4-9(12-11-8)13-5-1-2-7(14)6-13/h3-4,7,14H,1-2,5-6H2. The van der Waals surface area contributed by atoms with Crippen LogP contribution in [0, 0.1) is 0 Å². The molecule has 1 unspecified atom stereocenters. The molecule has 1 N–H and O–H groups in total. The average molecular weight is 258 g/mol. The van der Waals surface area contributed by atoms with Gasteiger partial charge < -0.3 is 10.0 Å². The van der Waals surface area contributed by atoms with Gasteiger partial charge in [0.15, 0.2) is 5.82 Å². The summed E-state index contributed by atoms with van der Waals surface area (Å²) in [6.07, 6.45) is 1.67. The zero-order chi connectivity index (χ0) is 9.97. The summed E-state index contributed by atoms with van der Waals surface area (Å²) in [5.74, 6) is 0.840. The summed E-state index contributed by atoms with van der Waals surface area (Å²) < 4.78 is 0.735. The number of aliphatic hydroxyl groups excluding tert-OH is 1. The van der Waals surface area contributed by atoms with Gasteiger partial charge in [0, 0.05) is 13.1 Å². The van der Waals surface area contributed by atoms with Crippen molar-refractivity contribution < 1.29 is 5.11 Å². The molecular formula is C9H12BrN3O. The minimum absolute atomic E-state index is 0.228. The zero-order valence-electron chi connectivity index (χ0n) is 7.73. The smallest absolute Gasteiger partial charge is 0.151 e. The average Bonchev–Trinajstić information content (AvgIpc) is 2.19. The number of aliphatic hydroxyl groups is 1. The Morgan fingerprint density at radius 1 is 1.43 bits per heavy atom. The third kappa shape index (κ3) is 2.22. The van der Waals surface area contributed by atoms with Crippen LogP contribution in [0.15, 0.2) is 16.7 Å². The molecule has 0 bridgehead atoms. The molecule has 14 heavy (non-hydrogen) atoms. The molecule has 0 aliphatic carbocycles. The van der Waals surface area contributed by atoms with E-state index in [0.717, 1.165) is 29.8 Å². The number of rotatable bonds is 1. The second kappa shape index (κ2) is 4.23. The lowest BCUT2D eigenvalue weighted by Gasteiger charge is -2.30. The number of β-amino-alcohol motifs (C(OH)–C–C–N with tert-alkyl or cyclic N) is 1. The van der Waals surface area contributed by atoms with Gasteiger partial charge in [0.25, 0.3) is 0 Å². The summed E-state index contributed by atoms with van der Waals surface area (Å²) in [7, 11) is 0. The molecule has 0 saturated carbocycles. The normalized spacial score (nSPS) is 22.4. The summed E-state index contributed by atoms with van der Waals surface area (Å²) in [6, 6.07) is 3.78. The van der Waals surface area contributed by atoms with Crippen LogP contribution in [0.2, 0.25) is 0 Å². The molecule has 1 atom stereocenters. The number of anilines is 1. The molecule has 1 saturated heterocycles. The minimum Gasteiger partial charge on any atom is -0.391 e. The van der Waals surface area contributed by atoms with E-state index >= 15 is 0 Å². The van der Waals surface area contributed by atoms with Gasteiger partial charge in [-0.2, -0.15) is 0 Å². The molecule has 4 nitrogen and oxygen atoms in total. The number of hydrogen-bond acceptors (Lipinski definition) is 4. The van der Waals surface area contributed by atoms with E-state index in [2.05, 4.69) is 31.0 Å². The Morgan fingerprint density at radius 2 is 2.29 bits per heavy atom. The molecule has 0 amide bonds. The Balaban J connectivity index is 2.10. The molecule has 1 aromatic heterocycles. The summed E-state index contributed by atoms with van der Waals surface area (Å²) in [5, 5.41) is 17.5. The number of nitrogens with zero attached hydrogens (tertiary/aromatic N) is 3. The third-order valence-corrected chi connectivity index (χ3v) is 2.76. The van der Waals surface area contributed by atoms with E-state index < -0.39 is 0 Å². The second-order valence-electron chi connectivity index (χ2n) is 3.46. The molecule has 2 rings (SSSR count). The van der Waals surface area contributed by atoms with E-state index in [1.165, 1.54) is 0 Å². The topological polar surface area (TPSA) is 49.2 Å². The molecule has 5 heteroatoms. The van der Waals surface area contributed by atoms with Crippen molar-refractivity contribution in [3.63, 3.8) is 0 Å². The largest absolute Gasteiger partial charge is 0.391 e. The van der Waals surface area contributed by atoms with Gasteiger partial charge >= 0.3 is 0 Å². The third-order valence-electron chi connectivity index (χ3n) is 2.34. The van der Waals surface area contributed by atoms with Crippen LogP contribution in [0.1, 0.15) is 12.8 Å². The first-order valence-corrected chi connectivity index (χ1v) is 5.47. The highest BCUT2D eigenvalue weighted by atomic mass is 79.9. The summed E-state index contributed by atoms with van der Waals surface area (Å²) in [4.78, 5) is 2.06. The number of halogens is 1. The van der Waals surface area contributed by atoms with Gasteiger partial charge in [-0.1, -0.05) is 0 Å². The molecular weight excluding hydrogens is 246 g/mol. The molecule has 1 aliphatic rings. The quantitative estimate of drug-likeness (QED) is 0.822. The van der Waals surface area contributed by atoms with Crippen molar-refractivity contribution in [2.75, 3.05) is 18.0 Å². The first kappa shape index (κ1) is 9.86. The molecule has 76 valence electrons. The van der Waals surface area contributed by atoms with Gasteiger partial charge in [-0.15, -0.1) is 10.2 Å². The molecule has 0 radical (unpaired) electrons. The maximum absolute atomic E-state index is 9.50. The highest BCUT2D eigenvalue weighted by Gasteiger charge is 2.18. The highest BCUT2D eigenvalue weighted by Crippen LogP contribution is 2.17. The molecule has 0 aromatic carbocycles. The van der Waals surface area contributed by atoms with E-state index in [0.29, 0.717) is 6.54 Å². The Bertz CT molecular complexity index is 303. The lowest BCUT2D eigenvalue weighted by Crippen LogP contribution is -2.38. The summed E-state index contributed by atoms with van der Waals surface area (Å²) in [5.41, 5.74) is 0. The minimum atomic E-state index is -0.228. The van der Waals surface area contributed by atoms with E-state index in [9.17, 15) is 5.11 Å². The van der Waals surface area contributed by atoms with E-state index in [1.807, 2.05) is 12.1 Å². The van der Waals surface area contributed by atoms with Crippen LogP contribution in [-0.4, -0.2) is 34.5 Å². The van der Waals surface area contributed by atoms with Crippen LogP contribution in [-0.2, 0) is 0 Å². The molecule has 0 spiro atoms. The van der Waals surface area contributed by atoms with Gasteiger partial charge in [0.2, 0.25) is 0 Å². The van der Waals surface area contributed by atoms with Crippen LogP contribution in [0.5, 0.6) is 0 Å². The van der Waals surface area contributed by atoms with E-state index in [1.54, 1.807) is 0 Å². The van der Waals surface area contributed by atoms with Crippen molar-refractivity contribution in [1.82, 2.24) is 10.2 Å². The maximum Gasteiger partial charge on any atom is 0.151 e. The fourth-order valence-electron chi connectivity index (χ4n) is 1.64. The zero-order valence-corrected chi connectivity index (χ0v) is 9.31. The van der Waals surface area contributed by atoms with Gasteiger partial charge in [-0.25, -0.2) is 0 Å². The van der Waals surface area contributed by atoms with Crippen molar-refractivity contribution in [2.24, 2.45) is 0 Å².